The Balaban J connectivity index is 0.00000208. The van der Waals surface area contributed by atoms with Gasteiger partial charge in [0.15, 0.2) is 0 Å². The topological polar surface area (TPSA) is 66.0 Å². The van der Waals surface area contributed by atoms with Crippen molar-refractivity contribution in [3.05, 3.63) is 30.3 Å². The van der Waals surface area contributed by atoms with Crippen molar-refractivity contribution in [3.63, 3.8) is 0 Å². The number of benzene rings is 1. The van der Waals surface area contributed by atoms with Crippen LogP contribution in [0.4, 0.5) is 4.79 Å². The Morgan fingerprint density at radius 1 is 1.17 bits per heavy atom. The average Bonchev–Trinajstić information content (AvgIpc) is 2.98. The number of rotatable bonds is 4. The molecule has 1 radical (unpaired) electrons. The Labute approximate surface area is 156 Å². The van der Waals surface area contributed by atoms with E-state index < -0.39 is 6.09 Å². The first-order valence-corrected chi connectivity index (χ1v) is 7.64. The van der Waals surface area contributed by atoms with Crippen molar-refractivity contribution in [2.45, 2.75) is 38.9 Å². The number of ether oxygens (including phenoxy) is 2. The fraction of sp³-hybridized carbons (Fsp3) is 0.500. The molecule has 0 aliphatic carbocycles. The van der Waals surface area contributed by atoms with Gasteiger partial charge in [-0.3, -0.25) is 0 Å². The standard InChI is InChI=1S/C16H21BNO5.Re/c1-15(2)16(3,4)23-17(22-15)11-5-7-13(8-6-11)20-9-12-10-21-14(19)18-12;/h5-8H,9-10H2,1-4H3,(H,18,19);/q-1;. The summed E-state index contributed by atoms with van der Waals surface area (Å²) in [5.74, 6) is 0.707. The molecule has 2 fully saturated rings. The number of hydrogen-bond donors (Lipinski definition) is 1. The maximum absolute atomic E-state index is 10.9. The molecule has 0 atom stereocenters. The van der Waals surface area contributed by atoms with Crippen molar-refractivity contribution in [2.75, 3.05) is 13.2 Å². The zero-order valence-corrected chi connectivity index (χ0v) is 16.9. The number of nitrogens with one attached hydrogen (secondary N) is 1. The summed E-state index contributed by atoms with van der Waals surface area (Å²) in [4.78, 5) is 10.9. The summed E-state index contributed by atoms with van der Waals surface area (Å²) in [7, 11) is -0.383. The molecule has 1 N–H and O–H groups in total. The molecular formula is C16H21BNO5Re-. The maximum atomic E-state index is 10.9. The molecule has 1 aromatic carbocycles. The number of cyclic esters (lactones) is 1. The van der Waals surface area contributed by atoms with Crippen LogP contribution < -0.4 is 15.5 Å². The molecular weight excluding hydrogens is 483 g/mol. The van der Waals surface area contributed by atoms with Crippen molar-refractivity contribution in [1.29, 1.82) is 0 Å². The molecule has 0 aromatic heterocycles. The Hall–Kier alpha value is -1.06. The van der Waals surface area contributed by atoms with E-state index in [1.54, 1.807) is 0 Å². The zero-order chi connectivity index (χ0) is 16.7. The van der Waals surface area contributed by atoms with Crippen molar-refractivity contribution in [3.8, 4) is 5.75 Å². The first-order valence-electron chi connectivity index (χ1n) is 7.64. The van der Waals surface area contributed by atoms with Crippen molar-refractivity contribution in [1.82, 2.24) is 5.32 Å². The summed E-state index contributed by atoms with van der Waals surface area (Å²) in [6.45, 7) is 8.66. The molecule has 2 heterocycles. The first kappa shape index (κ1) is 19.3. The van der Waals surface area contributed by atoms with E-state index >= 15 is 0 Å². The average molecular weight is 504 g/mol. The van der Waals surface area contributed by atoms with Crippen LogP contribution in [0.15, 0.2) is 24.3 Å². The molecule has 2 saturated heterocycles. The van der Waals surface area contributed by atoms with Crippen LogP contribution in [0.25, 0.3) is 0 Å². The smallest absolute Gasteiger partial charge is 0.494 e. The van der Waals surface area contributed by atoms with E-state index in [0.29, 0.717) is 18.4 Å². The maximum Gasteiger partial charge on any atom is 0.494 e. The molecule has 1 amide bonds. The van der Waals surface area contributed by atoms with Gasteiger partial charge in [-0.05, 0) is 58.5 Å². The van der Waals surface area contributed by atoms with Gasteiger partial charge in [-0.15, -0.1) is 0 Å². The third-order valence-corrected chi connectivity index (χ3v) is 4.47. The van der Waals surface area contributed by atoms with E-state index in [1.807, 2.05) is 52.0 Å². The minimum absolute atomic E-state index is 0. The Kier molecular flexibility index (Phi) is 5.66. The molecule has 0 saturated carbocycles. The second kappa shape index (κ2) is 7.05. The van der Waals surface area contributed by atoms with Crippen LogP contribution >= 0.6 is 0 Å². The quantitative estimate of drug-likeness (QED) is 0.499. The van der Waals surface area contributed by atoms with Crippen molar-refractivity contribution < 1.29 is 44.0 Å². The van der Waals surface area contributed by atoms with E-state index in [0.717, 1.165) is 5.46 Å². The number of hydrogen-bond acceptors (Lipinski definition) is 5. The summed E-state index contributed by atoms with van der Waals surface area (Å²) in [5.41, 5.74) is 0.232. The fourth-order valence-electron chi connectivity index (χ4n) is 2.32. The molecule has 3 rings (SSSR count). The van der Waals surface area contributed by atoms with Crippen LogP contribution in [-0.4, -0.2) is 37.6 Å². The molecule has 0 spiro atoms. The number of amides is 1. The van der Waals surface area contributed by atoms with Crippen LogP contribution in [0.5, 0.6) is 5.75 Å². The number of carbonyl (C=O) groups is 1. The normalized spacial score (nSPS) is 21.8. The van der Waals surface area contributed by atoms with Gasteiger partial charge in [0.1, 0.15) is 5.75 Å². The van der Waals surface area contributed by atoms with E-state index in [4.69, 9.17) is 18.8 Å². The second-order valence-electron chi connectivity index (χ2n) is 6.75. The van der Waals surface area contributed by atoms with Crippen molar-refractivity contribution in [2.24, 2.45) is 0 Å². The third kappa shape index (κ3) is 3.94. The summed E-state index contributed by atoms with van der Waals surface area (Å²) in [6.07, 6.45) is -0.431. The Bertz CT molecular complexity index is 577. The zero-order valence-electron chi connectivity index (χ0n) is 14.2. The van der Waals surface area contributed by atoms with Gasteiger partial charge in [-0.25, -0.2) is 4.79 Å². The fourth-order valence-corrected chi connectivity index (χ4v) is 2.32. The Morgan fingerprint density at radius 2 is 1.75 bits per heavy atom. The van der Waals surface area contributed by atoms with Gasteiger partial charge in [0.25, 0.3) is 0 Å². The van der Waals surface area contributed by atoms with Gasteiger partial charge < -0.3 is 24.1 Å². The van der Waals surface area contributed by atoms with E-state index in [1.165, 1.54) is 0 Å². The van der Waals surface area contributed by atoms with Gasteiger partial charge in [0.2, 0.25) is 0 Å². The summed E-state index contributed by atoms with van der Waals surface area (Å²) in [5, 5.41) is 2.59. The molecule has 24 heavy (non-hydrogen) atoms. The molecule has 2 aliphatic rings. The largest absolute Gasteiger partial charge is 0.523 e. The van der Waals surface area contributed by atoms with Gasteiger partial charge >= 0.3 is 13.2 Å². The van der Waals surface area contributed by atoms with E-state index in [2.05, 4.69) is 5.32 Å². The predicted molar refractivity (Wildman–Crippen MR) is 85.4 cm³/mol. The summed E-state index contributed by atoms with van der Waals surface area (Å²) >= 11 is 0. The van der Waals surface area contributed by atoms with Crippen LogP contribution in [0.3, 0.4) is 0 Å². The Morgan fingerprint density at radius 3 is 2.25 bits per heavy atom. The van der Waals surface area contributed by atoms with Gasteiger partial charge in [-0.1, -0.05) is 12.1 Å². The number of carbonyl (C=O) groups excluding carboxylic acids is 1. The first-order chi connectivity index (χ1) is 10.8. The van der Waals surface area contributed by atoms with Crippen LogP contribution in [0, 0.1) is 6.04 Å². The van der Waals surface area contributed by atoms with Gasteiger partial charge in [0, 0.05) is 20.4 Å². The minimum Gasteiger partial charge on any atom is -0.523 e. The van der Waals surface area contributed by atoms with Crippen molar-refractivity contribution >= 4 is 18.7 Å². The molecule has 8 heteroatoms. The summed E-state index contributed by atoms with van der Waals surface area (Å²) < 4.78 is 22.4. The van der Waals surface area contributed by atoms with Crippen LogP contribution in [0.2, 0.25) is 0 Å². The third-order valence-electron chi connectivity index (χ3n) is 4.47. The summed E-state index contributed by atoms with van der Waals surface area (Å²) in [6, 6.07) is 8.28. The van der Waals surface area contributed by atoms with E-state index in [-0.39, 0.29) is 45.4 Å². The molecule has 1 aromatic rings. The number of alkyl carbamates (subject to hydrolysis) is 1. The molecule has 131 valence electrons. The van der Waals surface area contributed by atoms with Crippen LogP contribution in [0.1, 0.15) is 27.7 Å². The molecule has 0 unspecified atom stereocenters. The molecule has 0 bridgehead atoms. The second-order valence-corrected chi connectivity index (χ2v) is 6.75. The monoisotopic (exact) mass is 505 g/mol. The SMILES string of the molecule is CC1(C)OB(c2ccc(OC[C-]3COC(=O)N3)cc2)OC1(C)C.[Re]. The minimum atomic E-state index is -0.431. The predicted octanol–water partition coefficient (Wildman–Crippen LogP) is 1.63. The molecule has 6 nitrogen and oxygen atoms in total. The van der Waals surface area contributed by atoms with E-state index in [9.17, 15) is 4.79 Å². The van der Waals surface area contributed by atoms with Gasteiger partial charge in [0.05, 0.1) is 11.2 Å². The van der Waals surface area contributed by atoms with Gasteiger partial charge in [-0.2, -0.15) is 6.04 Å². The van der Waals surface area contributed by atoms with Crippen LogP contribution in [-0.2, 0) is 34.5 Å². The molecule has 2 aliphatic heterocycles.